The zero-order valence-corrected chi connectivity index (χ0v) is 13.6. The van der Waals surface area contributed by atoms with Gasteiger partial charge in [-0.1, -0.05) is 6.08 Å². The Morgan fingerprint density at radius 3 is 2.18 bits per heavy atom. The van der Waals surface area contributed by atoms with E-state index < -0.39 is 0 Å². The number of hydrogen-bond acceptors (Lipinski definition) is 3. The summed E-state index contributed by atoms with van der Waals surface area (Å²) < 4.78 is 13.7. The van der Waals surface area contributed by atoms with Gasteiger partial charge in [0.25, 0.3) is 0 Å². The fourth-order valence-corrected chi connectivity index (χ4v) is 2.16. The van der Waals surface area contributed by atoms with Crippen LogP contribution in [0.4, 0.5) is 0 Å². The van der Waals surface area contributed by atoms with Gasteiger partial charge in [-0.25, -0.2) is 0 Å². The first kappa shape index (κ1) is 15.8. The van der Waals surface area contributed by atoms with Crippen LogP contribution < -0.4 is 19.7 Å². The Hall–Kier alpha value is -2.56. The molecule has 2 rings (SSSR count). The van der Waals surface area contributed by atoms with E-state index in [1.165, 1.54) is 0 Å². The van der Waals surface area contributed by atoms with Gasteiger partial charge in [0.1, 0.15) is 22.9 Å². The lowest BCUT2D eigenvalue weighted by Gasteiger charge is -2.06. The minimum absolute atomic E-state index is 0.0529. The molecule has 2 aromatic rings. The van der Waals surface area contributed by atoms with Gasteiger partial charge in [-0.15, -0.1) is 0 Å². The normalized spacial score (nSPS) is 11.0. The number of nitrogens with zero attached hydrogens (tertiary/aromatic N) is 2. The molecule has 1 aromatic carbocycles. The molecule has 0 atom stereocenters. The lowest BCUT2D eigenvalue weighted by Crippen LogP contribution is -2.53. The SMILES string of the molecule is COc1cc(C=Cc2cc(C)n(C)c(=O)[n+]2C)cc(OC)c1. The van der Waals surface area contributed by atoms with Crippen LogP contribution in [-0.2, 0) is 14.1 Å². The molecule has 0 amide bonds. The van der Waals surface area contributed by atoms with E-state index in [1.807, 2.05) is 43.3 Å². The van der Waals surface area contributed by atoms with Gasteiger partial charge in [-0.05, 0) is 30.7 Å². The van der Waals surface area contributed by atoms with Gasteiger partial charge in [0.2, 0.25) is 0 Å². The highest BCUT2D eigenvalue weighted by atomic mass is 16.5. The number of hydrogen-bond donors (Lipinski definition) is 0. The lowest BCUT2D eigenvalue weighted by molar-refractivity contribution is -0.692. The predicted octanol–water partition coefficient (Wildman–Crippen LogP) is 1.71. The molecule has 1 heterocycles. The van der Waals surface area contributed by atoms with Gasteiger partial charge in [0, 0.05) is 12.1 Å². The molecule has 0 fully saturated rings. The summed E-state index contributed by atoms with van der Waals surface area (Å²) >= 11 is 0. The van der Waals surface area contributed by atoms with Crippen molar-refractivity contribution in [2.24, 2.45) is 14.1 Å². The van der Waals surface area contributed by atoms with E-state index in [0.29, 0.717) is 0 Å². The molecular weight excluding hydrogens is 280 g/mol. The Morgan fingerprint density at radius 2 is 1.64 bits per heavy atom. The molecule has 1 aromatic heterocycles. The topological polar surface area (TPSA) is 44.3 Å². The summed E-state index contributed by atoms with van der Waals surface area (Å²) in [5.41, 5.74) is 2.63. The van der Waals surface area contributed by atoms with Gasteiger partial charge >= 0.3 is 5.69 Å². The fraction of sp³-hybridized carbons (Fsp3) is 0.294. The molecule has 0 saturated heterocycles. The number of methoxy groups -OCH3 is 2. The number of aryl methyl sites for hydroxylation is 1. The molecule has 0 aliphatic heterocycles. The summed E-state index contributed by atoms with van der Waals surface area (Å²) in [6.07, 6.45) is 3.84. The van der Waals surface area contributed by atoms with Crippen molar-refractivity contribution in [3.05, 3.63) is 51.7 Å². The summed E-state index contributed by atoms with van der Waals surface area (Å²) in [6.45, 7) is 1.91. The van der Waals surface area contributed by atoms with Crippen molar-refractivity contribution in [3.63, 3.8) is 0 Å². The molecule has 116 valence electrons. The zero-order chi connectivity index (χ0) is 16.3. The van der Waals surface area contributed by atoms with Crippen LogP contribution in [0, 0.1) is 6.92 Å². The van der Waals surface area contributed by atoms with Crippen LogP contribution in [0.15, 0.2) is 29.1 Å². The van der Waals surface area contributed by atoms with Crippen molar-refractivity contribution in [2.75, 3.05) is 14.2 Å². The first-order chi connectivity index (χ1) is 10.5. The summed E-state index contributed by atoms with van der Waals surface area (Å²) in [5, 5.41) is 0. The lowest BCUT2D eigenvalue weighted by atomic mass is 10.1. The molecule has 5 heteroatoms. The summed E-state index contributed by atoms with van der Waals surface area (Å²) in [7, 11) is 6.75. The quantitative estimate of drug-likeness (QED) is 0.808. The molecule has 0 N–H and O–H groups in total. The second kappa shape index (κ2) is 6.47. The van der Waals surface area contributed by atoms with E-state index in [2.05, 4.69) is 0 Å². The summed E-state index contributed by atoms with van der Waals surface area (Å²) in [6, 6.07) is 7.61. The highest BCUT2D eigenvalue weighted by Gasteiger charge is 2.11. The minimum atomic E-state index is -0.0529. The number of benzene rings is 1. The highest BCUT2D eigenvalue weighted by Crippen LogP contribution is 2.23. The molecule has 22 heavy (non-hydrogen) atoms. The average Bonchev–Trinajstić information content (AvgIpc) is 2.54. The van der Waals surface area contributed by atoms with Crippen molar-refractivity contribution < 1.29 is 14.0 Å². The van der Waals surface area contributed by atoms with E-state index >= 15 is 0 Å². The van der Waals surface area contributed by atoms with Crippen LogP contribution in [0.25, 0.3) is 12.2 Å². The Balaban J connectivity index is 2.43. The molecular formula is C17H21N2O3+. The van der Waals surface area contributed by atoms with E-state index in [9.17, 15) is 4.79 Å². The molecule has 5 nitrogen and oxygen atoms in total. The van der Waals surface area contributed by atoms with Crippen molar-refractivity contribution in [1.82, 2.24) is 4.57 Å². The first-order valence-corrected chi connectivity index (χ1v) is 6.94. The van der Waals surface area contributed by atoms with Crippen molar-refractivity contribution in [2.45, 2.75) is 6.92 Å². The van der Waals surface area contributed by atoms with Gasteiger partial charge in [0.15, 0.2) is 0 Å². The summed E-state index contributed by atoms with van der Waals surface area (Å²) in [5.74, 6) is 1.45. The maximum absolute atomic E-state index is 12.1. The second-order valence-electron chi connectivity index (χ2n) is 5.09. The number of rotatable bonds is 4. The van der Waals surface area contributed by atoms with Gasteiger partial charge in [-0.2, -0.15) is 13.9 Å². The van der Waals surface area contributed by atoms with E-state index in [4.69, 9.17) is 9.47 Å². The molecule has 0 unspecified atom stereocenters. The third kappa shape index (κ3) is 3.19. The Labute approximate surface area is 130 Å². The largest absolute Gasteiger partial charge is 0.498 e. The van der Waals surface area contributed by atoms with E-state index in [1.54, 1.807) is 37.4 Å². The Morgan fingerprint density at radius 1 is 1.05 bits per heavy atom. The molecule has 0 aliphatic carbocycles. The standard InChI is InChI=1S/C17H21N2O3/c1-12-8-14(19(3)17(20)18(12)2)7-6-13-9-15(21-4)11-16(10-13)22-5/h6-11H,1-5H3/q+1. The zero-order valence-electron chi connectivity index (χ0n) is 13.6. The fourth-order valence-electron chi connectivity index (χ4n) is 2.16. The maximum Gasteiger partial charge on any atom is 0.498 e. The average molecular weight is 301 g/mol. The first-order valence-electron chi connectivity index (χ1n) is 6.94. The molecule has 0 saturated carbocycles. The van der Waals surface area contributed by atoms with Gasteiger partial charge in [0.05, 0.1) is 28.3 Å². The van der Waals surface area contributed by atoms with Crippen molar-refractivity contribution in [3.8, 4) is 11.5 Å². The van der Waals surface area contributed by atoms with E-state index in [-0.39, 0.29) is 5.69 Å². The Kier molecular flexibility index (Phi) is 4.65. The molecule has 0 bridgehead atoms. The third-order valence-electron chi connectivity index (χ3n) is 3.67. The Bertz CT molecular complexity index is 754. The smallest absolute Gasteiger partial charge is 0.497 e. The van der Waals surface area contributed by atoms with E-state index in [0.717, 1.165) is 28.5 Å². The van der Waals surface area contributed by atoms with Crippen molar-refractivity contribution in [1.29, 1.82) is 0 Å². The number of aromatic nitrogens is 2. The second-order valence-corrected chi connectivity index (χ2v) is 5.09. The minimum Gasteiger partial charge on any atom is -0.497 e. The van der Waals surface area contributed by atoms with Crippen LogP contribution in [-0.4, -0.2) is 18.8 Å². The maximum atomic E-state index is 12.1. The van der Waals surface area contributed by atoms with Gasteiger partial charge in [-0.3, -0.25) is 0 Å². The number of ether oxygens (including phenoxy) is 2. The van der Waals surface area contributed by atoms with Crippen LogP contribution >= 0.6 is 0 Å². The molecule has 0 aliphatic rings. The predicted molar refractivity (Wildman–Crippen MR) is 86.1 cm³/mol. The van der Waals surface area contributed by atoms with Crippen LogP contribution in [0.3, 0.4) is 0 Å². The summed E-state index contributed by atoms with van der Waals surface area (Å²) in [4.78, 5) is 12.1. The third-order valence-corrected chi connectivity index (χ3v) is 3.67. The van der Waals surface area contributed by atoms with Gasteiger partial charge < -0.3 is 9.47 Å². The van der Waals surface area contributed by atoms with Crippen molar-refractivity contribution >= 4 is 12.2 Å². The van der Waals surface area contributed by atoms with Crippen LogP contribution in [0.1, 0.15) is 17.0 Å². The molecule has 0 spiro atoms. The monoisotopic (exact) mass is 301 g/mol. The molecule has 0 radical (unpaired) electrons. The van der Waals surface area contributed by atoms with Crippen LogP contribution in [0.5, 0.6) is 11.5 Å². The highest BCUT2D eigenvalue weighted by molar-refractivity contribution is 5.68. The van der Waals surface area contributed by atoms with Crippen LogP contribution in [0.2, 0.25) is 0 Å².